The molecule has 0 aliphatic carbocycles. The molecule has 3 nitrogen and oxygen atoms in total. The Labute approximate surface area is 108 Å². The summed E-state index contributed by atoms with van der Waals surface area (Å²) < 4.78 is 0. The molecule has 0 amide bonds. The molecule has 1 aromatic rings. The van der Waals surface area contributed by atoms with Crippen molar-refractivity contribution in [1.29, 1.82) is 0 Å². The van der Waals surface area contributed by atoms with Crippen LogP contribution in [-0.4, -0.2) is 36.1 Å². The number of nitrogens with one attached hydrogen (secondary N) is 1. The first-order valence-corrected chi connectivity index (χ1v) is 7.49. The molecule has 17 heavy (non-hydrogen) atoms. The fourth-order valence-electron chi connectivity index (χ4n) is 2.39. The number of likely N-dealkylation sites (tertiary alicyclic amines) is 1. The van der Waals surface area contributed by atoms with Gasteiger partial charge in [-0.15, -0.1) is 11.3 Å². The predicted octanol–water partition coefficient (Wildman–Crippen LogP) is 2.27. The standard InChI is InChI=1S/C13H23N3S/c1-3-16-6-4-12(5-7-16)8-14-9-13-11(2)15-10-17-13/h10,12,14H,3-9H2,1-2H3. The Morgan fingerprint density at radius 2 is 2.24 bits per heavy atom. The Morgan fingerprint density at radius 3 is 2.82 bits per heavy atom. The summed E-state index contributed by atoms with van der Waals surface area (Å²) in [5.41, 5.74) is 3.12. The molecular weight excluding hydrogens is 230 g/mol. The molecule has 2 heterocycles. The summed E-state index contributed by atoms with van der Waals surface area (Å²) in [4.78, 5) is 8.21. The Kier molecular flexibility index (Phi) is 4.95. The lowest BCUT2D eigenvalue weighted by atomic mass is 9.97. The van der Waals surface area contributed by atoms with Gasteiger partial charge in [0.1, 0.15) is 0 Å². The van der Waals surface area contributed by atoms with Crippen LogP contribution in [0.15, 0.2) is 5.51 Å². The number of hydrogen-bond acceptors (Lipinski definition) is 4. The lowest BCUT2D eigenvalue weighted by Crippen LogP contribution is -2.36. The fraction of sp³-hybridized carbons (Fsp3) is 0.769. The molecule has 0 radical (unpaired) electrons. The van der Waals surface area contributed by atoms with Crippen LogP contribution in [0.5, 0.6) is 0 Å². The van der Waals surface area contributed by atoms with Gasteiger partial charge in [-0.1, -0.05) is 6.92 Å². The second-order valence-corrected chi connectivity index (χ2v) is 5.81. The number of hydrogen-bond donors (Lipinski definition) is 1. The van der Waals surface area contributed by atoms with Gasteiger partial charge in [0.15, 0.2) is 0 Å². The van der Waals surface area contributed by atoms with Crippen molar-refractivity contribution in [2.24, 2.45) is 5.92 Å². The quantitative estimate of drug-likeness (QED) is 0.872. The van der Waals surface area contributed by atoms with E-state index < -0.39 is 0 Å². The molecular formula is C13H23N3S. The first-order chi connectivity index (χ1) is 8.29. The molecule has 96 valence electrons. The lowest BCUT2D eigenvalue weighted by Gasteiger charge is -2.31. The van der Waals surface area contributed by atoms with Crippen LogP contribution in [-0.2, 0) is 6.54 Å². The van der Waals surface area contributed by atoms with E-state index in [1.807, 2.05) is 5.51 Å². The molecule has 0 bridgehead atoms. The van der Waals surface area contributed by atoms with E-state index in [0.717, 1.165) is 19.0 Å². The number of aryl methyl sites for hydroxylation is 1. The highest BCUT2D eigenvalue weighted by Crippen LogP contribution is 2.17. The average molecular weight is 253 g/mol. The minimum absolute atomic E-state index is 0.867. The molecule has 0 aromatic carbocycles. The maximum absolute atomic E-state index is 4.27. The third-order valence-electron chi connectivity index (χ3n) is 3.72. The summed E-state index contributed by atoms with van der Waals surface area (Å²) in [7, 11) is 0. The molecule has 1 N–H and O–H groups in total. The predicted molar refractivity (Wildman–Crippen MR) is 73.4 cm³/mol. The van der Waals surface area contributed by atoms with Crippen molar-refractivity contribution in [3.05, 3.63) is 16.1 Å². The summed E-state index contributed by atoms with van der Waals surface area (Å²) in [6.45, 7) is 10.3. The molecule has 1 aliphatic rings. The third-order valence-corrected chi connectivity index (χ3v) is 4.65. The van der Waals surface area contributed by atoms with E-state index in [2.05, 4.69) is 29.0 Å². The maximum Gasteiger partial charge on any atom is 0.0798 e. The Morgan fingerprint density at radius 1 is 1.47 bits per heavy atom. The zero-order valence-electron chi connectivity index (χ0n) is 10.9. The van der Waals surface area contributed by atoms with Crippen LogP contribution in [0, 0.1) is 12.8 Å². The molecule has 1 aliphatic heterocycles. The van der Waals surface area contributed by atoms with Gasteiger partial charge in [0.25, 0.3) is 0 Å². The van der Waals surface area contributed by atoms with Gasteiger partial charge >= 0.3 is 0 Å². The lowest BCUT2D eigenvalue weighted by molar-refractivity contribution is 0.190. The monoisotopic (exact) mass is 253 g/mol. The second-order valence-electron chi connectivity index (χ2n) is 4.87. The van der Waals surface area contributed by atoms with Crippen molar-refractivity contribution in [2.75, 3.05) is 26.2 Å². The van der Waals surface area contributed by atoms with Gasteiger partial charge in [-0.3, -0.25) is 0 Å². The SMILES string of the molecule is CCN1CCC(CNCc2scnc2C)CC1. The van der Waals surface area contributed by atoms with Crippen molar-refractivity contribution in [2.45, 2.75) is 33.2 Å². The maximum atomic E-state index is 4.27. The van der Waals surface area contributed by atoms with Crippen LogP contribution in [0.4, 0.5) is 0 Å². The minimum atomic E-state index is 0.867. The van der Waals surface area contributed by atoms with Crippen LogP contribution in [0.1, 0.15) is 30.3 Å². The van der Waals surface area contributed by atoms with Crippen molar-refractivity contribution < 1.29 is 0 Å². The van der Waals surface area contributed by atoms with E-state index in [1.165, 1.54) is 43.0 Å². The number of nitrogens with zero attached hydrogens (tertiary/aromatic N) is 2. The van der Waals surface area contributed by atoms with E-state index >= 15 is 0 Å². The highest BCUT2D eigenvalue weighted by molar-refractivity contribution is 7.09. The van der Waals surface area contributed by atoms with Gasteiger partial charge in [-0.25, -0.2) is 4.98 Å². The fourth-order valence-corrected chi connectivity index (χ4v) is 3.14. The van der Waals surface area contributed by atoms with E-state index in [-0.39, 0.29) is 0 Å². The number of aromatic nitrogens is 1. The minimum Gasteiger partial charge on any atom is -0.312 e. The highest BCUT2D eigenvalue weighted by Gasteiger charge is 2.17. The summed E-state index contributed by atoms with van der Waals surface area (Å²) in [6, 6.07) is 0. The Bertz CT molecular complexity index is 329. The largest absolute Gasteiger partial charge is 0.312 e. The third kappa shape index (κ3) is 3.76. The van der Waals surface area contributed by atoms with Crippen molar-refractivity contribution in [3.8, 4) is 0 Å². The number of rotatable bonds is 5. The van der Waals surface area contributed by atoms with E-state index in [1.54, 1.807) is 11.3 Å². The highest BCUT2D eigenvalue weighted by atomic mass is 32.1. The van der Waals surface area contributed by atoms with Gasteiger partial charge in [0.2, 0.25) is 0 Å². The number of piperidine rings is 1. The molecule has 4 heteroatoms. The van der Waals surface area contributed by atoms with Crippen LogP contribution in [0.3, 0.4) is 0 Å². The van der Waals surface area contributed by atoms with Gasteiger partial charge in [-0.05, 0) is 51.9 Å². The summed E-state index contributed by atoms with van der Waals surface area (Å²) >= 11 is 1.76. The molecule has 2 rings (SSSR count). The smallest absolute Gasteiger partial charge is 0.0798 e. The topological polar surface area (TPSA) is 28.2 Å². The van der Waals surface area contributed by atoms with E-state index in [0.29, 0.717) is 0 Å². The van der Waals surface area contributed by atoms with E-state index in [4.69, 9.17) is 0 Å². The Balaban J connectivity index is 1.65. The zero-order valence-corrected chi connectivity index (χ0v) is 11.7. The van der Waals surface area contributed by atoms with Crippen LogP contribution in [0.25, 0.3) is 0 Å². The van der Waals surface area contributed by atoms with Gasteiger partial charge in [0, 0.05) is 11.4 Å². The molecule has 1 fully saturated rings. The van der Waals surface area contributed by atoms with Gasteiger partial charge < -0.3 is 10.2 Å². The molecule has 0 unspecified atom stereocenters. The van der Waals surface area contributed by atoms with Crippen LogP contribution in [0.2, 0.25) is 0 Å². The zero-order chi connectivity index (χ0) is 12.1. The molecule has 0 saturated carbocycles. The summed E-state index contributed by atoms with van der Waals surface area (Å²) in [6.07, 6.45) is 2.70. The summed E-state index contributed by atoms with van der Waals surface area (Å²) in [5.74, 6) is 0.867. The summed E-state index contributed by atoms with van der Waals surface area (Å²) in [5, 5.41) is 3.58. The van der Waals surface area contributed by atoms with Crippen molar-refractivity contribution in [1.82, 2.24) is 15.2 Å². The molecule has 1 aromatic heterocycles. The van der Waals surface area contributed by atoms with Crippen molar-refractivity contribution >= 4 is 11.3 Å². The van der Waals surface area contributed by atoms with Crippen LogP contribution >= 0.6 is 11.3 Å². The second kappa shape index (κ2) is 6.47. The normalized spacial score (nSPS) is 18.7. The average Bonchev–Trinajstić information content (AvgIpc) is 2.76. The van der Waals surface area contributed by atoms with E-state index in [9.17, 15) is 0 Å². The molecule has 1 saturated heterocycles. The first-order valence-electron chi connectivity index (χ1n) is 6.61. The van der Waals surface area contributed by atoms with Gasteiger partial charge in [-0.2, -0.15) is 0 Å². The first kappa shape index (κ1) is 13.0. The molecule has 0 atom stereocenters. The van der Waals surface area contributed by atoms with Crippen LogP contribution < -0.4 is 5.32 Å². The number of thiazole rings is 1. The molecule has 0 spiro atoms. The van der Waals surface area contributed by atoms with Gasteiger partial charge in [0.05, 0.1) is 11.2 Å². The Hall–Kier alpha value is -0.450. The van der Waals surface area contributed by atoms with Crippen molar-refractivity contribution in [3.63, 3.8) is 0 Å².